The van der Waals surface area contributed by atoms with Crippen LogP contribution in [0.4, 0.5) is 0 Å². The Morgan fingerprint density at radius 2 is 1.50 bits per heavy atom. The molecule has 4 nitrogen and oxygen atoms in total. The van der Waals surface area contributed by atoms with Gasteiger partial charge in [-0.2, -0.15) is 0 Å². The molecule has 0 aromatic rings. The van der Waals surface area contributed by atoms with Crippen LogP contribution in [0.3, 0.4) is 0 Å². The smallest absolute Gasteiger partial charge is 0.0696 e. The van der Waals surface area contributed by atoms with E-state index in [2.05, 4.69) is 10.6 Å². The second kappa shape index (κ2) is 8.32. The number of nitrogens with one attached hydrogen (secondary N) is 2. The molecular formula is C16H32N2O2. The minimum atomic E-state index is -0.233. The average Bonchev–Trinajstić information content (AvgIpc) is 2.43. The van der Waals surface area contributed by atoms with Crippen molar-refractivity contribution in [2.45, 2.75) is 82.1 Å². The molecule has 2 fully saturated rings. The molecule has 4 N–H and O–H groups in total. The molecule has 4 heteroatoms. The van der Waals surface area contributed by atoms with Crippen LogP contribution in [0.1, 0.15) is 57.8 Å². The molecule has 0 radical (unpaired) electrons. The Morgan fingerprint density at radius 1 is 0.850 bits per heavy atom. The van der Waals surface area contributed by atoms with E-state index in [1.54, 1.807) is 0 Å². The van der Waals surface area contributed by atoms with E-state index in [0.29, 0.717) is 5.92 Å². The molecule has 0 aromatic heterocycles. The van der Waals surface area contributed by atoms with Crippen LogP contribution in [-0.4, -0.2) is 48.1 Å². The highest BCUT2D eigenvalue weighted by Crippen LogP contribution is 2.24. The summed E-state index contributed by atoms with van der Waals surface area (Å²) >= 11 is 0. The van der Waals surface area contributed by atoms with E-state index in [1.165, 1.54) is 25.7 Å². The summed E-state index contributed by atoms with van der Waals surface area (Å²) in [4.78, 5) is 0. The number of likely N-dealkylation sites (N-methyl/N-ethyl adjacent to an activating group) is 1. The lowest BCUT2D eigenvalue weighted by Gasteiger charge is -2.33. The fourth-order valence-electron chi connectivity index (χ4n) is 3.80. The zero-order valence-corrected chi connectivity index (χ0v) is 12.9. The minimum absolute atomic E-state index is 0.174. The molecule has 5 atom stereocenters. The van der Waals surface area contributed by atoms with Gasteiger partial charge < -0.3 is 20.8 Å². The van der Waals surface area contributed by atoms with Gasteiger partial charge in [0.1, 0.15) is 0 Å². The van der Waals surface area contributed by atoms with Gasteiger partial charge in [0.2, 0.25) is 0 Å². The monoisotopic (exact) mass is 284 g/mol. The van der Waals surface area contributed by atoms with Gasteiger partial charge in [0, 0.05) is 12.1 Å². The van der Waals surface area contributed by atoms with Crippen LogP contribution in [0.2, 0.25) is 0 Å². The van der Waals surface area contributed by atoms with E-state index in [0.717, 1.165) is 38.6 Å². The van der Waals surface area contributed by atoms with E-state index >= 15 is 0 Å². The number of hydrogen-bond donors (Lipinski definition) is 4. The molecule has 2 aliphatic rings. The Bertz CT molecular complexity index is 275. The summed E-state index contributed by atoms with van der Waals surface area (Å²) in [6, 6.07) is 0.518. The van der Waals surface area contributed by atoms with E-state index in [1.807, 2.05) is 7.05 Å². The van der Waals surface area contributed by atoms with Crippen molar-refractivity contribution in [1.29, 1.82) is 0 Å². The first-order valence-electron chi connectivity index (χ1n) is 8.47. The van der Waals surface area contributed by atoms with Crippen LogP contribution in [0, 0.1) is 5.92 Å². The maximum atomic E-state index is 10.3. The molecule has 0 aromatic carbocycles. The number of aliphatic hydroxyl groups excluding tert-OH is 2. The van der Waals surface area contributed by atoms with Gasteiger partial charge in [0.05, 0.1) is 12.2 Å². The third kappa shape index (κ3) is 4.69. The molecule has 2 rings (SSSR count). The summed E-state index contributed by atoms with van der Waals surface area (Å²) in [5, 5.41) is 27.1. The maximum Gasteiger partial charge on any atom is 0.0696 e. The Balaban J connectivity index is 1.78. The van der Waals surface area contributed by atoms with Crippen molar-refractivity contribution < 1.29 is 10.2 Å². The molecule has 118 valence electrons. The molecule has 2 aliphatic carbocycles. The van der Waals surface area contributed by atoms with Crippen molar-refractivity contribution in [2.24, 2.45) is 5.92 Å². The molecule has 0 bridgehead atoms. The van der Waals surface area contributed by atoms with E-state index < -0.39 is 0 Å². The van der Waals surface area contributed by atoms with Crippen molar-refractivity contribution in [2.75, 3.05) is 13.6 Å². The van der Waals surface area contributed by atoms with Gasteiger partial charge >= 0.3 is 0 Å². The predicted molar refractivity (Wildman–Crippen MR) is 81.7 cm³/mol. The van der Waals surface area contributed by atoms with Crippen LogP contribution in [0.25, 0.3) is 0 Å². The Hall–Kier alpha value is -0.160. The molecule has 0 heterocycles. The largest absolute Gasteiger partial charge is 0.392 e. The Morgan fingerprint density at radius 3 is 2.20 bits per heavy atom. The third-order valence-corrected chi connectivity index (χ3v) is 5.19. The second-order valence-electron chi connectivity index (χ2n) is 6.72. The molecule has 20 heavy (non-hydrogen) atoms. The lowest BCUT2D eigenvalue weighted by molar-refractivity contribution is 0.0726. The zero-order chi connectivity index (χ0) is 14.4. The summed E-state index contributed by atoms with van der Waals surface area (Å²) in [6.45, 7) is 0.940. The fraction of sp³-hybridized carbons (Fsp3) is 1.00. The van der Waals surface area contributed by atoms with E-state index in [4.69, 9.17) is 0 Å². The average molecular weight is 284 g/mol. The van der Waals surface area contributed by atoms with Crippen molar-refractivity contribution in [3.8, 4) is 0 Å². The van der Waals surface area contributed by atoms with Gasteiger partial charge in [-0.3, -0.25) is 0 Å². The van der Waals surface area contributed by atoms with Crippen molar-refractivity contribution >= 4 is 0 Å². The molecule has 0 amide bonds. The SMILES string of the molecule is CN[C@H]1CCCCC(CN[C@H]2CCCC[C@@H]2O)C[C@@H]1O. The normalized spacial score (nSPS) is 40.0. The molecule has 0 spiro atoms. The number of aliphatic hydroxyl groups is 2. The van der Waals surface area contributed by atoms with E-state index in [-0.39, 0.29) is 24.3 Å². The molecule has 0 saturated heterocycles. The highest BCUT2D eigenvalue weighted by molar-refractivity contribution is 4.84. The van der Waals surface area contributed by atoms with Crippen molar-refractivity contribution in [3.05, 3.63) is 0 Å². The summed E-state index contributed by atoms with van der Waals surface area (Å²) < 4.78 is 0. The first-order valence-corrected chi connectivity index (χ1v) is 8.47. The first kappa shape index (κ1) is 16.2. The highest BCUT2D eigenvalue weighted by Gasteiger charge is 2.26. The van der Waals surface area contributed by atoms with Crippen LogP contribution in [0.15, 0.2) is 0 Å². The van der Waals surface area contributed by atoms with Crippen molar-refractivity contribution in [1.82, 2.24) is 10.6 Å². The second-order valence-corrected chi connectivity index (χ2v) is 6.72. The van der Waals surface area contributed by atoms with Gasteiger partial charge in [-0.1, -0.05) is 25.7 Å². The van der Waals surface area contributed by atoms with Crippen molar-refractivity contribution in [3.63, 3.8) is 0 Å². The maximum absolute atomic E-state index is 10.3. The lowest BCUT2D eigenvalue weighted by Crippen LogP contribution is -2.45. The van der Waals surface area contributed by atoms with Crippen LogP contribution < -0.4 is 10.6 Å². The standard InChI is InChI=1S/C16H32N2O2/c1-17-13-7-3-2-6-12(10-16(13)20)11-18-14-8-4-5-9-15(14)19/h12-20H,2-11H2,1H3/t12?,13-,14-,15-,16-/m0/s1. The van der Waals surface area contributed by atoms with Gasteiger partial charge in [-0.15, -0.1) is 0 Å². The summed E-state index contributed by atoms with van der Waals surface area (Å²) in [5.41, 5.74) is 0. The highest BCUT2D eigenvalue weighted by atomic mass is 16.3. The molecule has 2 saturated carbocycles. The zero-order valence-electron chi connectivity index (χ0n) is 12.9. The van der Waals surface area contributed by atoms with Crippen LogP contribution >= 0.6 is 0 Å². The minimum Gasteiger partial charge on any atom is -0.392 e. The lowest BCUT2D eigenvalue weighted by atomic mass is 9.86. The quantitative estimate of drug-likeness (QED) is 0.630. The first-order chi connectivity index (χ1) is 9.70. The van der Waals surface area contributed by atoms with Crippen LogP contribution in [0.5, 0.6) is 0 Å². The molecular weight excluding hydrogens is 252 g/mol. The summed E-state index contributed by atoms with van der Waals surface area (Å²) in [5.74, 6) is 0.537. The Kier molecular flexibility index (Phi) is 6.75. The number of rotatable bonds is 4. The summed E-state index contributed by atoms with van der Waals surface area (Å²) in [7, 11) is 1.95. The van der Waals surface area contributed by atoms with Gasteiger partial charge in [0.25, 0.3) is 0 Å². The van der Waals surface area contributed by atoms with Crippen LogP contribution in [-0.2, 0) is 0 Å². The van der Waals surface area contributed by atoms with Gasteiger partial charge in [-0.25, -0.2) is 0 Å². The topological polar surface area (TPSA) is 64.5 Å². The van der Waals surface area contributed by atoms with E-state index in [9.17, 15) is 10.2 Å². The fourth-order valence-corrected chi connectivity index (χ4v) is 3.80. The Labute approximate surface area is 123 Å². The summed E-state index contributed by atoms with van der Waals surface area (Å²) in [6.07, 6.45) is 9.62. The number of hydrogen-bond acceptors (Lipinski definition) is 4. The van der Waals surface area contributed by atoms with Gasteiger partial charge in [-0.05, 0) is 51.6 Å². The van der Waals surface area contributed by atoms with Gasteiger partial charge in [0.15, 0.2) is 0 Å². The predicted octanol–water partition coefficient (Wildman–Crippen LogP) is 1.41. The third-order valence-electron chi connectivity index (χ3n) is 5.19. The molecule has 1 unspecified atom stereocenters. The molecule has 0 aliphatic heterocycles.